The number of carbonyl (C=O) groups excluding carboxylic acids is 2. The van der Waals surface area contributed by atoms with Gasteiger partial charge >= 0.3 is 0 Å². The smallest absolute Gasteiger partial charge is 0.254 e. The molecule has 0 aliphatic carbocycles. The van der Waals surface area contributed by atoms with Gasteiger partial charge in [0.2, 0.25) is 0 Å². The molecule has 27 heavy (non-hydrogen) atoms. The summed E-state index contributed by atoms with van der Waals surface area (Å²) in [6.07, 6.45) is 0. The molecule has 1 aliphatic heterocycles. The Bertz CT molecular complexity index is 845. The molecular formula is C21H23FN2O3. The molecule has 1 aliphatic rings. The molecule has 6 heteroatoms. The minimum absolute atomic E-state index is 0.0522. The Hall–Kier alpha value is -2.89. The number of nitrogens with zero attached hydrogens (tertiary/aromatic N) is 2. The van der Waals surface area contributed by atoms with Crippen LogP contribution >= 0.6 is 0 Å². The van der Waals surface area contributed by atoms with Gasteiger partial charge in [0.15, 0.2) is 5.78 Å². The molecule has 0 aromatic heterocycles. The lowest BCUT2D eigenvalue weighted by Crippen LogP contribution is -2.49. The van der Waals surface area contributed by atoms with Crippen LogP contribution in [-0.4, -0.2) is 49.4 Å². The predicted molar refractivity (Wildman–Crippen MR) is 102 cm³/mol. The van der Waals surface area contributed by atoms with Gasteiger partial charge in [-0.1, -0.05) is 6.07 Å². The summed E-state index contributed by atoms with van der Waals surface area (Å²) in [5.74, 6) is 0.0512. The van der Waals surface area contributed by atoms with E-state index < -0.39 is 5.82 Å². The van der Waals surface area contributed by atoms with Gasteiger partial charge in [0.05, 0.1) is 12.3 Å². The average molecular weight is 370 g/mol. The molecule has 2 aromatic rings. The lowest BCUT2D eigenvalue weighted by molar-refractivity contribution is 0.0746. The van der Waals surface area contributed by atoms with Crippen LogP contribution in [0.3, 0.4) is 0 Å². The van der Waals surface area contributed by atoms with Crippen molar-refractivity contribution in [3.63, 3.8) is 0 Å². The highest BCUT2D eigenvalue weighted by Gasteiger charge is 2.24. The van der Waals surface area contributed by atoms with Crippen molar-refractivity contribution in [2.75, 3.05) is 37.7 Å². The second-order valence-corrected chi connectivity index (χ2v) is 6.46. The molecular weight excluding hydrogens is 347 g/mol. The number of ether oxygens (including phenoxy) is 1. The van der Waals surface area contributed by atoms with Crippen LogP contribution < -0.4 is 9.64 Å². The van der Waals surface area contributed by atoms with Crippen LogP contribution in [0.4, 0.5) is 10.1 Å². The summed E-state index contributed by atoms with van der Waals surface area (Å²) in [6, 6.07) is 11.7. The number of benzene rings is 2. The summed E-state index contributed by atoms with van der Waals surface area (Å²) in [7, 11) is 0. The van der Waals surface area contributed by atoms with Gasteiger partial charge in [-0.25, -0.2) is 4.39 Å². The molecule has 2 aromatic carbocycles. The first kappa shape index (κ1) is 18.9. The van der Waals surface area contributed by atoms with E-state index in [0.29, 0.717) is 55.3 Å². The van der Waals surface area contributed by atoms with Crippen LogP contribution in [0.15, 0.2) is 42.5 Å². The number of anilines is 1. The van der Waals surface area contributed by atoms with Gasteiger partial charge in [0.1, 0.15) is 11.6 Å². The van der Waals surface area contributed by atoms with E-state index in [4.69, 9.17) is 4.74 Å². The monoisotopic (exact) mass is 370 g/mol. The van der Waals surface area contributed by atoms with Crippen molar-refractivity contribution in [2.45, 2.75) is 13.8 Å². The summed E-state index contributed by atoms with van der Waals surface area (Å²) < 4.78 is 19.8. The zero-order chi connectivity index (χ0) is 19.4. The number of carbonyl (C=O) groups is 2. The van der Waals surface area contributed by atoms with Gasteiger partial charge < -0.3 is 14.5 Å². The Kier molecular flexibility index (Phi) is 5.74. The standard InChI is InChI=1S/C21H23FN2O3/c1-3-27-18-6-4-5-17(13-18)21(26)24-11-9-23(10-12-24)20-8-7-16(15(2)25)14-19(20)22/h4-8,13-14H,3,9-12H2,1-2H3. The molecule has 0 saturated carbocycles. The quantitative estimate of drug-likeness (QED) is 0.757. The Morgan fingerprint density at radius 1 is 1.04 bits per heavy atom. The average Bonchev–Trinajstić information content (AvgIpc) is 2.68. The number of amides is 1. The van der Waals surface area contributed by atoms with Crippen molar-refractivity contribution < 1.29 is 18.7 Å². The molecule has 1 fully saturated rings. The van der Waals surface area contributed by atoms with E-state index in [9.17, 15) is 14.0 Å². The molecule has 0 N–H and O–H groups in total. The van der Waals surface area contributed by atoms with Gasteiger partial charge in [-0.05, 0) is 50.2 Å². The third-order valence-corrected chi connectivity index (χ3v) is 4.65. The summed E-state index contributed by atoms with van der Waals surface area (Å²) in [5, 5.41) is 0. The first-order chi connectivity index (χ1) is 13.0. The summed E-state index contributed by atoms with van der Waals surface area (Å²) in [6.45, 7) is 5.94. The Balaban J connectivity index is 1.66. The number of piperazine rings is 1. The maximum absolute atomic E-state index is 14.3. The Morgan fingerprint density at radius 3 is 2.41 bits per heavy atom. The molecule has 0 bridgehead atoms. The molecule has 1 amide bonds. The first-order valence-corrected chi connectivity index (χ1v) is 9.07. The molecule has 5 nitrogen and oxygen atoms in total. The third-order valence-electron chi connectivity index (χ3n) is 4.65. The molecule has 0 spiro atoms. The zero-order valence-electron chi connectivity index (χ0n) is 15.6. The fourth-order valence-corrected chi connectivity index (χ4v) is 3.20. The van der Waals surface area contributed by atoms with E-state index in [1.54, 1.807) is 35.2 Å². The highest BCUT2D eigenvalue weighted by Crippen LogP contribution is 2.23. The van der Waals surface area contributed by atoms with Crippen molar-refractivity contribution >= 4 is 17.4 Å². The molecule has 1 heterocycles. The van der Waals surface area contributed by atoms with Crippen molar-refractivity contribution in [3.05, 3.63) is 59.4 Å². The third kappa shape index (κ3) is 4.27. The van der Waals surface area contributed by atoms with Gasteiger partial charge in [0, 0.05) is 37.3 Å². The Morgan fingerprint density at radius 2 is 1.78 bits per heavy atom. The van der Waals surface area contributed by atoms with Crippen LogP contribution in [0.2, 0.25) is 0 Å². The lowest BCUT2D eigenvalue weighted by atomic mass is 10.1. The van der Waals surface area contributed by atoms with Crippen LogP contribution in [0.25, 0.3) is 0 Å². The molecule has 0 radical (unpaired) electrons. The number of Topliss-reactive ketones (excluding diaryl/α,β-unsaturated/α-hetero) is 1. The topological polar surface area (TPSA) is 49.9 Å². The van der Waals surface area contributed by atoms with Crippen LogP contribution in [0, 0.1) is 5.82 Å². The van der Waals surface area contributed by atoms with E-state index in [1.165, 1.54) is 13.0 Å². The van der Waals surface area contributed by atoms with Crippen LogP contribution in [0.5, 0.6) is 5.75 Å². The van der Waals surface area contributed by atoms with Gasteiger partial charge in [-0.15, -0.1) is 0 Å². The second-order valence-electron chi connectivity index (χ2n) is 6.46. The minimum atomic E-state index is -0.410. The van der Waals surface area contributed by atoms with E-state index in [-0.39, 0.29) is 11.7 Å². The van der Waals surface area contributed by atoms with E-state index in [2.05, 4.69) is 0 Å². The minimum Gasteiger partial charge on any atom is -0.494 e. The fourth-order valence-electron chi connectivity index (χ4n) is 3.20. The van der Waals surface area contributed by atoms with Crippen molar-refractivity contribution in [1.29, 1.82) is 0 Å². The number of ketones is 1. The highest BCUT2D eigenvalue weighted by atomic mass is 19.1. The second kappa shape index (κ2) is 8.20. The van der Waals surface area contributed by atoms with Crippen LogP contribution in [0.1, 0.15) is 34.6 Å². The molecule has 0 unspecified atom stereocenters. The Labute approximate surface area is 158 Å². The highest BCUT2D eigenvalue weighted by molar-refractivity contribution is 5.95. The lowest BCUT2D eigenvalue weighted by Gasteiger charge is -2.36. The molecule has 3 rings (SSSR count). The number of hydrogen-bond acceptors (Lipinski definition) is 4. The van der Waals surface area contributed by atoms with E-state index in [1.807, 2.05) is 17.9 Å². The normalized spacial score (nSPS) is 14.2. The van der Waals surface area contributed by atoms with E-state index >= 15 is 0 Å². The van der Waals surface area contributed by atoms with Crippen molar-refractivity contribution in [2.24, 2.45) is 0 Å². The summed E-state index contributed by atoms with van der Waals surface area (Å²) in [4.78, 5) is 27.8. The summed E-state index contributed by atoms with van der Waals surface area (Å²) in [5.41, 5.74) is 1.41. The van der Waals surface area contributed by atoms with Gasteiger partial charge in [-0.2, -0.15) is 0 Å². The number of hydrogen-bond donors (Lipinski definition) is 0. The number of rotatable bonds is 5. The van der Waals surface area contributed by atoms with Crippen molar-refractivity contribution in [1.82, 2.24) is 4.90 Å². The molecule has 1 saturated heterocycles. The predicted octanol–water partition coefficient (Wildman–Crippen LogP) is 3.39. The van der Waals surface area contributed by atoms with Crippen LogP contribution in [-0.2, 0) is 0 Å². The largest absolute Gasteiger partial charge is 0.494 e. The van der Waals surface area contributed by atoms with Gasteiger partial charge in [-0.3, -0.25) is 9.59 Å². The maximum Gasteiger partial charge on any atom is 0.254 e. The first-order valence-electron chi connectivity index (χ1n) is 9.07. The number of halogens is 1. The van der Waals surface area contributed by atoms with E-state index in [0.717, 1.165) is 0 Å². The van der Waals surface area contributed by atoms with Gasteiger partial charge in [0.25, 0.3) is 5.91 Å². The zero-order valence-corrected chi connectivity index (χ0v) is 15.6. The SMILES string of the molecule is CCOc1cccc(C(=O)N2CCN(c3ccc(C(C)=O)cc3F)CC2)c1. The molecule has 0 atom stereocenters. The maximum atomic E-state index is 14.3. The van der Waals surface area contributed by atoms with Crippen molar-refractivity contribution in [3.8, 4) is 5.75 Å². The fraction of sp³-hybridized carbons (Fsp3) is 0.333. The molecule has 142 valence electrons. The summed E-state index contributed by atoms with van der Waals surface area (Å²) >= 11 is 0.